The molecule has 0 radical (unpaired) electrons. The van der Waals surface area contributed by atoms with E-state index < -0.39 is 10.0 Å². The van der Waals surface area contributed by atoms with Crippen LogP contribution in [0.3, 0.4) is 0 Å². The van der Waals surface area contributed by atoms with Gasteiger partial charge in [-0.05, 0) is 45.7 Å². The molecule has 2 fully saturated rings. The minimum atomic E-state index is -3.50. The van der Waals surface area contributed by atoms with Crippen LogP contribution >= 0.6 is 0 Å². The molecule has 2 aliphatic heterocycles. The van der Waals surface area contributed by atoms with E-state index in [1.165, 1.54) is 0 Å². The first-order valence-electron chi connectivity index (χ1n) is 10.0. The Morgan fingerprint density at radius 2 is 1.68 bits per heavy atom. The van der Waals surface area contributed by atoms with Gasteiger partial charge in [-0.2, -0.15) is 0 Å². The zero-order valence-corrected chi connectivity index (χ0v) is 17.7. The van der Waals surface area contributed by atoms with Gasteiger partial charge in [0, 0.05) is 32.2 Å². The fourth-order valence-corrected chi connectivity index (χ4v) is 5.40. The maximum Gasteiger partial charge on any atom is 0.240 e. The zero-order chi connectivity index (χ0) is 20.3. The lowest BCUT2D eigenvalue weighted by Gasteiger charge is -2.40. The lowest BCUT2D eigenvalue weighted by Crippen LogP contribution is -2.56. The van der Waals surface area contributed by atoms with Crippen LogP contribution in [-0.4, -0.2) is 74.6 Å². The van der Waals surface area contributed by atoms with E-state index in [2.05, 4.69) is 9.62 Å². The van der Waals surface area contributed by atoms with Crippen molar-refractivity contribution in [3.05, 3.63) is 30.3 Å². The Hall–Kier alpha value is -1.48. The second kappa shape index (κ2) is 8.90. The van der Waals surface area contributed by atoms with Crippen molar-refractivity contribution < 1.29 is 17.9 Å². The fourth-order valence-electron chi connectivity index (χ4n) is 4.07. The molecule has 1 amide bonds. The minimum absolute atomic E-state index is 0.0537. The van der Waals surface area contributed by atoms with Crippen molar-refractivity contribution in [2.75, 3.05) is 26.2 Å². The van der Waals surface area contributed by atoms with Gasteiger partial charge in [-0.3, -0.25) is 9.69 Å². The smallest absolute Gasteiger partial charge is 0.240 e. The maximum absolute atomic E-state index is 12.9. The average Bonchev–Trinajstić information content (AvgIpc) is 2.67. The summed E-state index contributed by atoms with van der Waals surface area (Å²) in [6.45, 7) is 8.58. The number of amides is 1. The van der Waals surface area contributed by atoms with E-state index in [0.29, 0.717) is 39.0 Å². The molecule has 8 heteroatoms. The molecule has 2 saturated heterocycles. The number of nitrogens with zero attached hydrogens (tertiary/aromatic N) is 2. The molecule has 156 valence electrons. The highest BCUT2D eigenvalue weighted by Gasteiger charge is 2.33. The van der Waals surface area contributed by atoms with Crippen LogP contribution in [0.5, 0.6) is 0 Å². The third-order valence-corrected chi connectivity index (χ3v) is 7.08. The van der Waals surface area contributed by atoms with Gasteiger partial charge in [-0.15, -0.1) is 0 Å². The number of likely N-dealkylation sites (tertiary alicyclic amines) is 1. The summed E-state index contributed by atoms with van der Waals surface area (Å²) < 4.78 is 33.5. The molecule has 2 heterocycles. The summed E-state index contributed by atoms with van der Waals surface area (Å²) in [6, 6.07) is 8.13. The molecule has 3 atom stereocenters. The monoisotopic (exact) mass is 409 g/mol. The molecule has 0 bridgehead atoms. The van der Waals surface area contributed by atoms with E-state index in [4.69, 9.17) is 4.74 Å². The van der Waals surface area contributed by atoms with Crippen LogP contribution in [-0.2, 0) is 19.6 Å². The van der Waals surface area contributed by atoms with Gasteiger partial charge in [-0.25, -0.2) is 13.1 Å². The fraction of sp³-hybridized carbons (Fsp3) is 0.650. The Balaban J connectivity index is 1.52. The standard InChI is InChI=1S/C20H31N3O4S/c1-15-13-23(14-16(2)27-15)20(24)17(3)22-11-9-18(10-12-22)21-28(25,26)19-7-5-4-6-8-19/h4-8,15-18,21H,9-14H2,1-3H3/t15-,16-,17+/m1/s1. The molecule has 0 aliphatic carbocycles. The maximum atomic E-state index is 12.9. The largest absolute Gasteiger partial charge is 0.372 e. The molecule has 1 N–H and O–H groups in total. The van der Waals surface area contributed by atoms with Gasteiger partial charge in [0.25, 0.3) is 0 Å². The Bertz CT molecular complexity index is 753. The van der Waals surface area contributed by atoms with Gasteiger partial charge < -0.3 is 9.64 Å². The average molecular weight is 410 g/mol. The predicted molar refractivity (Wildman–Crippen MR) is 107 cm³/mol. The summed E-state index contributed by atoms with van der Waals surface area (Å²) in [5.74, 6) is 0.130. The highest BCUT2D eigenvalue weighted by molar-refractivity contribution is 7.89. The normalized spacial score (nSPS) is 26.2. The van der Waals surface area contributed by atoms with Gasteiger partial charge in [0.2, 0.25) is 15.9 Å². The Morgan fingerprint density at radius 3 is 2.25 bits per heavy atom. The van der Waals surface area contributed by atoms with Gasteiger partial charge in [0.1, 0.15) is 0 Å². The van der Waals surface area contributed by atoms with Crippen molar-refractivity contribution in [1.29, 1.82) is 0 Å². The highest BCUT2D eigenvalue weighted by atomic mass is 32.2. The summed E-state index contributed by atoms with van der Waals surface area (Å²) in [5.41, 5.74) is 0. The number of rotatable bonds is 5. The molecule has 0 spiro atoms. The third kappa shape index (κ3) is 5.11. The molecule has 7 nitrogen and oxygen atoms in total. The Labute approximate surface area is 168 Å². The molecule has 0 aromatic heterocycles. The highest BCUT2D eigenvalue weighted by Crippen LogP contribution is 2.19. The van der Waals surface area contributed by atoms with E-state index in [0.717, 1.165) is 0 Å². The van der Waals surface area contributed by atoms with Crippen LogP contribution < -0.4 is 4.72 Å². The first kappa shape index (κ1) is 21.2. The van der Waals surface area contributed by atoms with Crippen LogP contribution in [0.2, 0.25) is 0 Å². The zero-order valence-electron chi connectivity index (χ0n) is 16.9. The Morgan fingerprint density at radius 1 is 1.11 bits per heavy atom. The van der Waals surface area contributed by atoms with Crippen molar-refractivity contribution in [3.63, 3.8) is 0 Å². The van der Waals surface area contributed by atoms with E-state index in [-0.39, 0.29) is 35.1 Å². The molecule has 1 aromatic rings. The van der Waals surface area contributed by atoms with Crippen molar-refractivity contribution in [3.8, 4) is 0 Å². The van der Waals surface area contributed by atoms with Crippen molar-refractivity contribution in [2.24, 2.45) is 0 Å². The van der Waals surface area contributed by atoms with Gasteiger partial charge in [0.15, 0.2) is 0 Å². The van der Waals surface area contributed by atoms with Crippen LogP contribution in [0.15, 0.2) is 35.2 Å². The van der Waals surface area contributed by atoms with Crippen LogP contribution in [0.1, 0.15) is 33.6 Å². The minimum Gasteiger partial charge on any atom is -0.372 e. The van der Waals surface area contributed by atoms with Crippen molar-refractivity contribution in [2.45, 2.75) is 62.8 Å². The number of carbonyl (C=O) groups is 1. The van der Waals surface area contributed by atoms with E-state index in [1.54, 1.807) is 30.3 Å². The number of morpholine rings is 1. The topological polar surface area (TPSA) is 79.0 Å². The van der Waals surface area contributed by atoms with Crippen molar-refractivity contribution >= 4 is 15.9 Å². The number of carbonyl (C=O) groups excluding carboxylic acids is 1. The second-order valence-electron chi connectivity index (χ2n) is 7.92. The number of ether oxygens (including phenoxy) is 1. The first-order chi connectivity index (χ1) is 13.3. The third-order valence-electron chi connectivity index (χ3n) is 5.54. The molecule has 0 unspecified atom stereocenters. The summed E-state index contributed by atoms with van der Waals surface area (Å²) in [4.78, 5) is 17.2. The molecular weight excluding hydrogens is 378 g/mol. The van der Waals surface area contributed by atoms with Crippen LogP contribution in [0.4, 0.5) is 0 Å². The summed E-state index contributed by atoms with van der Waals surface area (Å²) >= 11 is 0. The molecular formula is C20H31N3O4S. The number of benzene rings is 1. The summed E-state index contributed by atoms with van der Waals surface area (Å²) in [5, 5.41) is 0. The van der Waals surface area contributed by atoms with E-state index in [1.807, 2.05) is 25.7 Å². The molecule has 28 heavy (non-hydrogen) atoms. The second-order valence-corrected chi connectivity index (χ2v) is 9.64. The van der Waals surface area contributed by atoms with Crippen LogP contribution in [0.25, 0.3) is 0 Å². The lowest BCUT2D eigenvalue weighted by atomic mass is 10.0. The molecule has 3 rings (SSSR count). The van der Waals surface area contributed by atoms with Crippen molar-refractivity contribution in [1.82, 2.24) is 14.5 Å². The molecule has 2 aliphatic rings. The Kier molecular flexibility index (Phi) is 6.75. The number of hydrogen-bond acceptors (Lipinski definition) is 5. The SMILES string of the molecule is C[C@@H]1CN(C(=O)[C@H](C)N2CCC(NS(=O)(=O)c3ccccc3)CC2)C[C@@H](C)O1. The van der Waals surface area contributed by atoms with Gasteiger partial charge >= 0.3 is 0 Å². The van der Waals surface area contributed by atoms with Gasteiger partial charge in [-0.1, -0.05) is 18.2 Å². The quantitative estimate of drug-likeness (QED) is 0.796. The van der Waals surface area contributed by atoms with E-state index in [9.17, 15) is 13.2 Å². The van der Waals surface area contributed by atoms with E-state index >= 15 is 0 Å². The molecule has 0 saturated carbocycles. The number of hydrogen-bond donors (Lipinski definition) is 1. The predicted octanol–water partition coefficient (Wildman–Crippen LogP) is 1.45. The summed E-state index contributed by atoms with van der Waals surface area (Å²) in [6.07, 6.45) is 1.50. The first-order valence-corrected chi connectivity index (χ1v) is 11.5. The van der Waals surface area contributed by atoms with Gasteiger partial charge in [0.05, 0.1) is 23.1 Å². The number of piperidine rings is 1. The molecule has 1 aromatic carbocycles. The van der Waals surface area contributed by atoms with Crippen LogP contribution in [0, 0.1) is 0 Å². The number of sulfonamides is 1. The number of nitrogens with one attached hydrogen (secondary N) is 1. The summed E-state index contributed by atoms with van der Waals surface area (Å²) in [7, 11) is -3.50. The lowest BCUT2D eigenvalue weighted by molar-refractivity contribution is -0.148.